The normalized spacial score (nSPS) is 12.1. The van der Waals surface area contributed by atoms with Crippen molar-refractivity contribution in [2.45, 2.75) is 19.3 Å². The topological polar surface area (TPSA) is 108 Å². The molecule has 0 bridgehead atoms. The molecule has 3 aromatic rings. The Kier molecular flexibility index (Phi) is 4.49. The summed E-state index contributed by atoms with van der Waals surface area (Å²) in [5.41, 5.74) is 1.54. The molecule has 0 amide bonds. The number of benzene rings is 2. The van der Waals surface area contributed by atoms with Gasteiger partial charge in [-0.15, -0.1) is 0 Å². The maximum Gasteiger partial charge on any atom is 0.323 e. The Hall–Kier alpha value is -3.73. The Labute approximate surface area is 160 Å². The van der Waals surface area contributed by atoms with Crippen molar-refractivity contribution >= 4 is 16.7 Å². The molecule has 2 heterocycles. The lowest BCUT2D eigenvalue weighted by molar-refractivity contribution is -0.382. The van der Waals surface area contributed by atoms with Crippen molar-refractivity contribution in [2.75, 3.05) is 13.9 Å². The van der Waals surface area contributed by atoms with E-state index in [9.17, 15) is 10.1 Å². The Morgan fingerprint density at radius 2 is 2.07 bits per heavy atom. The molecule has 0 aliphatic carbocycles. The van der Waals surface area contributed by atoms with Crippen LogP contribution in [0.15, 0.2) is 34.7 Å². The van der Waals surface area contributed by atoms with Crippen LogP contribution >= 0.6 is 0 Å². The molecule has 1 aromatic heterocycles. The van der Waals surface area contributed by atoms with Crippen LogP contribution in [-0.4, -0.2) is 18.8 Å². The van der Waals surface area contributed by atoms with Crippen LogP contribution in [-0.2, 0) is 6.42 Å². The lowest BCUT2D eigenvalue weighted by atomic mass is 10.0. The summed E-state index contributed by atoms with van der Waals surface area (Å²) in [6.07, 6.45) is 1.68. The van der Waals surface area contributed by atoms with Gasteiger partial charge >= 0.3 is 5.69 Å². The number of unbranched alkanes of at least 4 members (excludes halogenated alkanes) is 1. The Balaban J connectivity index is 1.88. The zero-order chi connectivity index (χ0) is 19.7. The van der Waals surface area contributed by atoms with Crippen molar-refractivity contribution < 1.29 is 23.6 Å². The van der Waals surface area contributed by atoms with Crippen LogP contribution in [0.3, 0.4) is 0 Å². The van der Waals surface area contributed by atoms with Crippen molar-refractivity contribution in [3.63, 3.8) is 0 Å². The highest BCUT2D eigenvalue weighted by Gasteiger charge is 2.29. The third kappa shape index (κ3) is 2.97. The highest BCUT2D eigenvalue weighted by atomic mass is 16.7. The van der Waals surface area contributed by atoms with Gasteiger partial charge in [0.15, 0.2) is 22.8 Å². The van der Waals surface area contributed by atoms with E-state index in [-0.39, 0.29) is 18.2 Å². The van der Waals surface area contributed by atoms with E-state index in [0.717, 1.165) is 5.56 Å². The molecular formula is C20H16N2O6. The number of furan rings is 1. The zero-order valence-electron chi connectivity index (χ0n) is 15.1. The van der Waals surface area contributed by atoms with Gasteiger partial charge in [-0.3, -0.25) is 10.1 Å². The molecule has 4 rings (SSSR count). The van der Waals surface area contributed by atoms with Crippen molar-refractivity contribution in [3.05, 3.63) is 46.0 Å². The van der Waals surface area contributed by atoms with Crippen molar-refractivity contribution in [1.82, 2.24) is 0 Å². The number of nitrogens with zero attached hydrogens (tertiary/aromatic N) is 2. The molecule has 0 atom stereocenters. The van der Waals surface area contributed by atoms with Gasteiger partial charge in [0.1, 0.15) is 5.39 Å². The van der Waals surface area contributed by atoms with Crippen LogP contribution in [0.25, 0.3) is 22.3 Å². The summed E-state index contributed by atoms with van der Waals surface area (Å²) in [4.78, 5) is 11.4. The SMILES string of the molecule is COc1cc(CCCC#N)cc2c([N+](=O)[O-])c(-c3ccc4c(c3)OCO4)oc12. The Morgan fingerprint density at radius 3 is 2.82 bits per heavy atom. The lowest BCUT2D eigenvalue weighted by Gasteiger charge is -2.04. The third-order valence-corrected chi connectivity index (χ3v) is 4.58. The van der Waals surface area contributed by atoms with Crippen molar-refractivity contribution in [1.29, 1.82) is 5.26 Å². The molecule has 1 aliphatic rings. The monoisotopic (exact) mass is 380 g/mol. The van der Waals surface area contributed by atoms with Gasteiger partial charge in [0.25, 0.3) is 0 Å². The molecule has 0 spiro atoms. The van der Waals surface area contributed by atoms with Gasteiger partial charge in [0, 0.05) is 12.0 Å². The number of nitro groups is 1. The van der Waals surface area contributed by atoms with Crippen LogP contribution in [0.2, 0.25) is 0 Å². The molecule has 0 unspecified atom stereocenters. The molecule has 8 heteroatoms. The second-order valence-electron chi connectivity index (χ2n) is 6.29. The first-order chi connectivity index (χ1) is 13.6. The second kappa shape index (κ2) is 7.12. The largest absolute Gasteiger partial charge is 0.493 e. The molecule has 8 nitrogen and oxygen atoms in total. The van der Waals surface area contributed by atoms with Crippen molar-refractivity contribution in [2.24, 2.45) is 0 Å². The fraction of sp³-hybridized carbons (Fsp3) is 0.250. The van der Waals surface area contributed by atoms with Crippen LogP contribution in [0.1, 0.15) is 18.4 Å². The summed E-state index contributed by atoms with van der Waals surface area (Å²) in [5.74, 6) is 1.64. The van der Waals surface area contributed by atoms with Crippen LogP contribution in [0.5, 0.6) is 17.2 Å². The predicted octanol–water partition coefficient (Wildman–Crippen LogP) is 4.59. The smallest absolute Gasteiger partial charge is 0.323 e. The number of methoxy groups -OCH3 is 1. The number of aryl methyl sites for hydroxylation is 1. The van der Waals surface area contributed by atoms with Gasteiger partial charge < -0.3 is 18.6 Å². The van der Waals surface area contributed by atoms with Gasteiger partial charge in [0.2, 0.25) is 12.6 Å². The van der Waals surface area contributed by atoms with E-state index < -0.39 is 4.92 Å². The first-order valence-corrected chi connectivity index (χ1v) is 8.67. The third-order valence-electron chi connectivity index (χ3n) is 4.58. The minimum Gasteiger partial charge on any atom is -0.493 e. The molecule has 28 heavy (non-hydrogen) atoms. The van der Waals surface area contributed by atoms with E-state index in [2.05, 4.69) is 6.07 Å². The van der Waals surface area contributed by atoms with Gasteiger partial charge in [0.05, 0.1) is 18.1 Å². The summed E-state index contributed by atoms with van der Waals surface area (Å²) in [6.45, 7) is 0.112. The second-order valence-corrected chi connectivity index (χ2v) is 6.29. The number of nitriles is 1. The molecule has 0 saturated carbocycles. The standard InChI is InChI=1S/C20H16N2O6/c1-25-17-9-12(4-2-3-7-21)8-14-18(22(23)24)19(28-20(14)17)13-5-6-15-16(10-13)27-11-26-15/h5-6,8-10H,2-4,11H2,1H3. The van der Waals surface area contributed by atoms with Crippen LogP contribution in [0, 0.1) is 21.4 Å². The number of hydrogen-bond acceptors (Lipinski definition) is 7. The summed E-state index contributed by atoms with van der Waals surface area (Å²) in [6, 6.07) is 10.7. The van der Waals surface area contributed by atoms with E-state index in [4.69, 9.17) is 23.9 Å². The molecule has 2 aromatic carbocycles. The summed E-state index contributed by atoms with van der Waals surface area (Å²) in [7, 11) is 1.49. The fourth-order valence-corrected chi connectivity index (χ4v) is 3.30. The maximum atomic E-state index is 11.9. The number of hydrogen-bond donors (Lipinski definition) is 0. The summed E-state index contributed by atoms with van der Waals surface area (Å²) < 4.78 is 22.0. The highest BCUT2D eigenvalue weighted by molar-refractivity contribution is 5.98. The summed E-state index contributed by atoms with van der Waals surface area (Å²) in [5, 5.41) is 21.0. The zero-order valence-corrected chi connectivity index (χ0v) is 15.1. The van der Waals surface area contributed by atoms with Crippen LogP contribution in [0.4, 0.5) is 5.69 Å². The Bertz CT molecular complexity index is 1110. The van der Waals surface area contributed by atoms with E-state index in [1.807, 2.05) is 0 Å². The van der Waals surface area contributed by atoms with Crippen molar-refractivity contribution in [3.8, 4) is 34.6 Å². The van der Waals surface area contributed by atoms with Gasteiger partial charge in [-0.1, -0.05) is 0 Å². The minimum atomic E-state index is -0.454. The molecule has 0 radical (unpaired) electrons. The molecule has 142 valence electrons. The van der Waals surface area contributed by atoms with E-state index in [1.54, 1.807) is 30.3 Å². The molecule has 1 aliphatic heterocycles. The fourth-order valence-electron chi connectivity index (χ4n) is 3.30. The van der Waals surface area contributed by atoms with Crippen LogP contribution < -0.4 is 14.2 Å². The Morgan fingerprint density at radius 1 is 1.25 bits per heavy atom. The van der Waals surface area contributed by atoms with E-state index in [0.29, 0.717) is 53.0 Å². The van der Waals surface area contributed by atoms with E-state index >= 15 is 0 Å². The average molecular weight is 380 g/mol. The summed E-state index contributed by atoms with van der Waals surface area (Å²) >= 11 is 0. The number of ether oxygens (including phenoxy) is 3. The lowest BCUT2D eigenvalue weighted by Crippen LogP contribution is -1.93. The minimum absolute atomic E-state index is 0.112. The average Bonchev–Trinajstić information content (AvgIpc) is 3.31. The first kappa shape index (κ1) is 17.7. The first-order valence-electron chi connectivity index (χ1n) is 8.67. The van der Waals surface area contributed by atoms with Gasteiger partial charge in [-0.05, 0) is 48.7 Å². The maximum absolute atomic E-state index is 11.9. The van der Waals surface area contributed by atoms with Gasteiger partial charge in [-0.2, -0.15) is 5.26 Å². The number of fused-ring (bicyclic) bond motifs is 2. The molecule has 0 N–H and O–H groups in total. The molecular weight excluding hydrogens is 364 g/mol. The highest BCUT2D eigenvalue weighted by Crippen LogP contribution is 2.45. The number of rotatable bonds is 6. The van der Waals surface area contributed by atoms with Gasteiger partial charge in [-0.25, -0.2) is 0 Å². The predicted molar refractivity (Wildman–Crippen MR) is 99.5 cm³/mol. The molecule has 0 saturated heterocycles. The quantitative estimate of drug-likeness (QED) is 0.349. The molecule has 0 fully saturated rings. The van der Waals surface area contributed by atoms with E-state index in [1.165, 1.54) is 7.11 Å².